The SMILES string of the molecule is Cc1nc([C@@H]2CCCN(C(=O)Nc3ccc(Oc4cccnc4)cc3)C2)n[nH]1. The number of nitrogens with one attached hydrogen (secondary N) is 2. The molecule has 0 unspecified atom stereocenters. The first-order valence-electron chi connectivity index (χ1n) is 9.30. The highest BCUT2D eigenvalue weighted by Gasteiger charge is 2.27. The summed E-state index contributed by atoms with van der Waals surface area (Å²) < 4.78 is 5.72. The second kappa shape index (κ2) is 8.08. The summed E-state index contributed by atoms with van der Waals surface area (Å²) in [7, 11) is 0. The number of amides is 2. The van der Waals surface area contributed by atoms with E-state index in [4.69, 9.17) is 4.74 Å². The van der Waals surface area contributed by atoms with Gasteiger partial charge in [0.05, 0.1) is 6.20 Å². The van der Waals surface area contributed by atoms with Crippen LogP contribution in [0, 0.1) is 6.92 Å². The molecule has 2 amide bonds. The molecule has 1 fully saturated rings. The van der Waals surface area contributed by atoms with Crippen molar-refractivity contribution in [3.63, 3.8) is 0 Å². The summed E-state index contributed by atoms with van der Waals surface area (Å²) in [4.78, 5) is 22.9. The zero-order valence-corrected chi connectivity index (χ0v) is 15.6. The number of urea groups is 1. The lowest BCUT2D eigenvalue weighted by molar-refractivity contribution is 0.191. The third kappa shape index (κ3) is 4.28. The lowest BCUT2D eigenvalue weighted by Crippen LogP contribution is -2.41. The number of aromatic amines is 1. The smallest absolute Gasteiger partial charge is 0.321 e. The average molecular weight is 378 g/mol. The Bertz CT molecular complexity index is 925. The lowest BCUT2D eigenvalue weighted by atomic mass is 9.98. The molecule has 1 aliphatic heterocycles. The minimum absolute atomic E-state index is 0.113. The molecule has 0 saturated carbocycles. The maximum atomic E-state index is 12.7. The molecule has 2 aromatic heterocycles. The molecule has 1 aliphatic rings. The molecular weight excluding hydrogens is 356 g/mol. The predicted octanol–water partition coefficient (Wildman–Crippen LogP) is 3.71. The molecule has 144 valence electrons. The number of likely N-dealkylation sites (tertiary alicyclic amines) is 1. The van der Waals surface area contributed by atoms with Gasteiger partial charge in [0.25, 0.3) is 0 Å². The van der Waals surface area contributed by atoms with E-state index in [1.165, 1.54) is 0 Å². The molecule has 0 radical (unpaired) electrons. The minimum Gasteiger partial charge on any atom is -0.456 e. The van der Waals surface area contributed by atoms with Gasteiger partial charge in [0, 0.05) is 30.9 Å². The number of aromatic nitrogens is 4. The van der Waals surface area contributed by atoms with Gasteiger partial charge in [0.1, 0.15) is 17.3 Å². The van der Waals surface area contributed by atoms with Crippen molar-refractivity contribution in [3.05, 3.63) is 60.4 Å². The van der Waals surface area contributed by atoms with Gasteiger partial charge < -0.3 is 15.0 Å². The van der Waals surface area contributed by atoms with Crippen molar-refractivity contribution >= 4 is 11.7 Å². The standard InChI is InChI=1S/C20H22N6O2/c1-14-22-19(25-24-14)15-4-3-11-26(13-15)20(27)23-16-6-8-17(9-7-16)28-18-5-2-10-21-12-18/h2,5-10,12,15H,3-4,11,13H2,1H3,(H,23,27)(H,22,24,25)/t15-/m1/s1. The van der Waals surface area contributed by atoms with Crippen LogP contribution < -0.4 is 10.1 Å². The van der Waals surface area contributed by atoms with Gasteiger partial charge in [-0.2, -0.15) is 5.10 Å². The number of H-pyrrole nitrogens is 1. The number of carbonyl (C=O) groups is 1. The second-order valence-electron chi connectivity index (χ2n) is 6.81. The van der Waals surface area contributed by atoms with Gasteiger partial charge in [0.15, 0.2) is 5.82 Å². The molecule has 4 rings (SSSR count). The van der Waals surface area contributed by atoms with E-state index in [9.17, 15) is 4.79 Å². The molecule has 0 aliphatic carbocycles. The average Bonchev–Trinajstić information content (AvgIpc) is 3.17. The van der Waals surface area contributed by atoms with Gasteiger partial charge in [-0.05, 0) is 56.2 Å². The molecule has 28 heavy (non-hydrogen) atoms. The van der Waals surface area contributed by atoms with Crippen LogP contribution in [-0.4, -0.2) is 44.2 Å². The van der Waals surface area contributed by atoms with E-state index in [1.807, 2.05) is 48.2 Å². The molecule has 8 nitrogen and oxygen atoms in total. The Kier molecular flexibility index (Phi) is 5.18. The monoisotopic (exact) mass is 378 g/mol. The molecule has 1 atom stereocenters. The summed E-state index contributed by atoms with van der Waals surface area (Å²) in [6, 6.07) is 10.8. The summed E-state index contributed by atoms with van der Waals surface area (Å²) in [6.45, 7) is 3.23. The van der Waals surface area contributed by atoms with Crippen LogP contribution in [0.4, 0.5) is 10.5 Å². The largest absolute Gasteiger partial charge is 0.456 e. The zero-order valence-electron chi connectivity index (χ0n) is 15.6. The first-order chi connectivity index (χ1) is 13.7. The maximum Gasteiger partial charge on any atom is 0.321 e. The number of ether oxygens (including phenoxy) is 1. The van der Waals surface area contributed by atoms with E-state index in [-0.39, 0.29) is 11.9 Å². The van der Waals surface area contributed by atoms with E-state index < -0.39 is 0 Å². The van der Waals surface area contributed by atoms with Crippen LogP contribution in [-0.2, 0) is 0 Å². The number of anilines is 1. The predicted molar refractivity (Wildman–Crippen MR) is 104 cm³/mol. The molecule has 2 N–H and O–H groups in total. The van der Waals surface area contributed by atoms with Gasteiger partial charge >= 0.3 is 6.03 Å². The van der Waals surface area contributed by atoms with Gasteiger partial charge in [-0.25, -0.2) is 9.78 Å². The molecule has 1 saturated heterocycles. The maximum absolute atomic E-state index is 12.7. The fourth-order valence-electron chi connectivity index (χ4n) is 3.27. The van der Waals surface area contributed by atoms with E-state index in [2.05, 4.69) is 25.5 Å². The van der Waals surface area contributed by atoms with Crippen LogP contribution in [0.15, 0.2) is 48.8 Å². The summed E-state index contributed by atoms with van der Waals surface area (Å²) in [5.41, 5.74) is 0.722. The van der Waals surface area contributed by atoms with E-state index in [0.717, 1.165) is 36.7 Å². The lowest BCUT2D eigenvalue weighted by Gasteiger charge is -2.31. The number of hydrogen-bond acceptors (Lipinski definition) is 5. The van der Waals surface area contributed by atoms with Crippen molar-refractivity contribution in [2.45, 2.75) is 25.7 Å². The van der Waals surface area contributed by atoms with Crippen LogP contribution in [0.1, 0.15) is 30.4 Å². The Morgan fingerprint density at radius 1 is 1.25 bits per heavy atom. The summed E-state index contributed by atoms with van der Waals surface area (Å²) in [5, 5.41) is 10.1. The minimum atomic E-state index is -0.113. The van der Waals surface area contributed by atoms with Crippen LogP contribution in [0.3, 0.4) is 0 Å². The van der Waals surface area contributed by atoms with E-state index in [0.29, 0.717) is 18.0 Å². The third-order valence-electron chi connectivity index (χ3n) is 4.66. The summed E-state index contributed by atoms with van der Waals surface area (Å²) in [6.07, 6.45) is 5.27. The number of piperidine rings is 1. The summed E-state index contributed by atoms with van der Waals surface area (Å²) in [5.74, 6) is 3.10. The second-order valence-corrected chi connectivity index (χ2v) is 6.81. The molecule has 0 bridgehead atoms. The topological polar surface area (TPSA) is 96.0 Å². The van der Waals surface area contributed by atoms with Crippen molar-refractivity contribution in [3.8, 4) is 11.5 Å². The Hall–Kier alpha value is -3.42. The Labute approximate surface area is 163 Å². The number of nitrogens with zero attached hydrogens (tertiary/aromatic N) is 4. The van der Waals surface area contributed by atoms with Crippen LogP contribution >= 0.6 is 0 Å². The molecule has 3 heterocycles. The third-order valence-corrected chi connectivity index (χ3v) is 4.66. The Morgan fingerprint density at radius 3 is 2.82 bits per heavy atom. The molecular formula is C20H22N6O2. The number of pyridine rings is 1. The zero-order chi connectivity index (χ0) is 19.3. The molecule has 0 spiro atoms. The van der Waals surface area contributed by atoms with Gasteiger partial charge in [-0.15, -0.1) is 0 Å². The van der Waals surface area contributed by atoms with Crippen molar-refractivity contribution in [2.75, 3.05) is 18.4 Å². The van der Waals surface area contributed by atoms with Crippen molar-refractivity contribution in [1.82, 2.24) is 25.1 Å². The van der Waals surface area contributed by atoms with E-state index in [1.54, 1.807) is 12.4 Å². The molecule has 3 aromatic rings. The Morgan fingerprint density at radius 2 is 2.11 bits per heavy atom. The highest BCUT2D eigenvalue weighted by atomic mass is 16.5. The normalized spacial score (nSPS) is 16.6. The fourth-order valence-corrected chi connectivity index (χ4v) is 3.27. The first-order valence-corrected chi connectivity index (χ1v) is 9.30. The number of aryl methyl sites for hydroxylation is 1. The number of rotatable bonds is 4. The van der Waals surface area contributed by atoms with Crippen LogP contribution in [0.5, 0.6) is 11.5 Å². The number of carbonyl (C=O) groups excluding carboxylic acids is 1. The van der Waals surface area contributed by atoms with E-state index >= 15 is 0 Å². The summed E-state index contributed by atoms with van der Waals surface area (Å²) >= 11 is 0. The van der Waals surface area contributed by atoms with Crippen LogP contribution in [0.25, 0.3) is 0 Å². The van der Waals surface area contributed by atoms with Gasteiger partial charge in [-0.3, -0.25) is 10.1 Å². The van der Waals surface area contributed by atoms with Crippen molar-refractivity contribution in [1.29, 1.82) is 0 Å². The highest BCUT2D eigenvalue weighted by Crippen LogP contribution is 2.26. The quantitative estimate of drug-likeness (QED) is 0.721. The Balaban J connectivity index is 1.35. The van der Waals surface area contributed by atoms with Crippen molar-refractivity contribution in [2.24, 2.45) is 0 Å². The number of benzene rings is 1. The highest BCUT2D eigenvalue weighted by molar-refractivity contribution is 5.89. The van der Waals surface area contributed by atoms with Crippen LogP contribution in [0.2, 0.25) is 0 Å². The first kappa shape index (κ1) is 18.0. The fraction of sp³-hybridized carbons (Fsp3) is 0.300. The van der Waals surface area contributed by atoms with Crippen molar-refractivity contribution < 1.29 is 9.53 Å². The van der Waals surface area contributed by atoms with Gasteiger partial charge in [-0.1, -0.05) is 0 Å². The molecule has 1 aromatic carbocycles. The molecule has 8 heteroatoms. The number of hydrogen-bond donors (Lipinski definition) is 2. The van der Waals surface area contributed by atoms with Gasteiger partial charge in [0.2, 0.25) is 0 Å².